The van der Waals surface area contributed by atoms with Gasteiger partial charge in [0.1, 0.15) is 17.9 Å². The second kappa shape index (κ2) is 15.1. The van der Waals surface area contributed by atoms with Crippen LogP contribution in [0.3, 0.4) is 0 Å². The first kappa shape index (κ1) is 28.2. The predicted octanol–water partition coefficient (Wildman–Crippen LogP) is 5.33. The van der Waals surface area contributed by atoms with Crippen molar-refractivity contribution in [3.8, 4) is 11.5 Å². The van der Waals surface area contributed by atoms with Crippen LogP contribution in [0.2, 0.25) is 0 Å². The summed E-state index contributed by atoms with van der Waals surface area (Å²) in [4.78, 5) is 35.0. The maximum Gasteiger partial charge on any atom is 0.313 e. The number of hydrogen-bond acceptors (Lipinski definition) is 9. The quantitative estimate of drug-likeness (QED) is 0.191. The van der Waals surface area contributed by atoms with Gasteiger partial charge in [0.05, 0.1) is 39.6 Å². The molecule has 0 aliphatic rings. The number of rotatable bonds is 11. The molecule has 0 amide bonds. The number of carbonyl (C=O) groups excluding carboxylic acids is 3. The van der Waals surface area contributed by atoms with Gasteiger partial charge in [-0.3, -0.25) is 14.4 Å². The Balaban J connectivity index is 0.000000247. The van der Waals surface area contributed by atoms with E-state index in [0.29, 0.717) is 19.6 Å². The zero-order valence-corrected chi connectivity index (χ0v) is 22.0. The van der Waals surface area contributed by atoms with Gasteiger partial charge < -0.3 is 18.9 Å². The van der Waals surface area contributed by atoms with Crippen molar-refractivity contribution >= 4 is 50.9 Å². The third-order valence-electron chi connectivity index (χ3n) is 4.59. The molecule has 0 bridgehead atoms. The minimum atomic E-state index is -0.464. The topological polar surface area (TPSA) is 88.1 Å². The fourth-order valence-electron chi connectivity index (χ4n) is 2.97. The molecule has 3 rings (SSSR count). The van der Waals surface area contributed by atoms with Gasteiger partial charge in [0.25, 0.3) is 0 Å². The highest BCUT2D eigenvalue weighted by Gasteiger charge is 2.11. The molecule has 0 spiro atoms. The highest BCUT2D eigenvalue weighted by atomic mass is 32.2. The van der Waals surface area contributed by atoms with Crippen LogP contribution >= 0.6 is 23.1 Å². The molecule has 1 heterocycles. The molecule has 1 aromatic heterocycles. The van der Waals surface area contributed by atoms with Crippen LogP contribution in [0, 0.1) is 0 Å². The molecule has 35 heavy (non-hydrogen) atoms. The number of thioether (sulfide) groups is 1. The first-order chi connectivity index (χ1) is 16.9. The molecule has 0 aliphatic carbocycles. The molecule has 0 saturated carbocycles. The van der Waals surface area contributed by atoms with Gasteiger partial charge >= 0.3 is 11.9 Å². The summed E-state index contributed by atoms with van der Waals surface area (Å²) in [6.07, 6.45) is 0.172. The zero-order chi connectivity index (χ0) is 25.6. The Kier molecular flexibility index (Phi) is 12.1. The molecule has 0 atom stereocenters. The molecule has 9 heteroatoms. The summed E-state index contributed by atoms with van der Waals surface area (Å²) >= 11 is 3.00. The maximum atomic E-state index is 11.5. The highest BCUT2D eigenvalue weighted by molar-refractivity contribution is 8.00. The van der Waals surface area contributed by atoms with Crippen molar-refractivity contribution < 1.29 is 33.3 Å². The lowest BCUT2D eigenvalue weighted by Crippen LogP contribution is -2.12. The standard InChI is InChI=1S/C13H16O4S.C13H14O3S/c1-3-17-13(15)7-10(14)9-18-12-6-4-5-11(8-12)16-2;1-3-16-13(14)6-9-8-17-12-7-10(15-2)4-5-11(9)12/h4-6,8H,3,7,9H2,1-2H3;4-5,7-8H,3,6H2,1-2H3. The lowest BCUT2D eigenvalue weighted by atomic mass is 10.1. The molecule has 3 aromatic rings. The largest absolute Gasteiger partial charge is 0.497 e. The average molecular weight is 519 g/mol. The molecule has 7 nitrogen and oxygen atoms in total. The fraction of sp³-hybridized carbons (Fsp3) is 0.346. The predicted molar refractivity (Wildman–Crippen MR) is 139 cm³/mol. The van der Waals surface area contributed by atoms with Crippen LogP contribution in [0.25, 0.3) is 10.1 Å². The lowest BCUT2D eigenvalue weighted by molar-refractivity contribution is -0.145. The number of carbonyl (C=O) groups is 3. The van der Waals surface area contributed by atoms with Crippen LogP contribution in [0.4, 0.5) is 0 Å². The smallest absolute Gasteiger partial charge is 0.313 e. The minimum Gasteiger partial charge on any atom is -0.497 e. The number of ether oxygens (including phenoxy) is 4. The van der Waals surface area contributed by atoms with E-state index >= 15 is 0 Å². The van der Waals surface area contributed by atoms with Crippen molar-refractivity contribution in [2.45, 2.75) is 31.6 Å². The number of ketones is 1. The molecule has 2 aromatic carbocycles. The van der Waals surface area contributed by atoms with E-state index < -0.39 is 5.97 Å². The number of hydrogen-bond donors (Lipinski definition) is 0. The second-order valence-corrected chi connectivity index (χ2v) is 9.05. The molecule has 188 valence electrons. The Labute approximate surface area is 213 Å². The summed E-state index contributed by atoms with van der Waals surface area (Å²) in [6.45, 7) is 4.26. The Morgan fingerprint density at radius 3 is 2.26 bits per heavy atom. The van der Waals surface area contributed by atoms with Gasteiger partial charge in [0.2, 0.25) is 0 Å². The van der Waals surface area contributed by atoms with Gasteiger partial charge in [-0.2, -0.15) is 0 Å². The average Bonchev–Trinajstić information content (AvgIpc) is 3.25. The second-order valence-electron chi connectivity index (χ2n) is 7.09. The first-order valence-corrected chi connectivity index (χ1v) is 12.9. The minimum absolute atomic E-state index is 0.138. The van der Waals surface area contributed by atoms with E-state index in [4.69, 9.17) is 18.9 Å². The van der Waals surface area contributed by atoms with E-state index in [1.165, 1.54) is 11.8 Å². The fourth-order valence-corrected chi connectivity index (χ4v) is 4.77. The van der Waals surface area contributed by atoms with Crippen molar-refractivity contribution in [1.82, 2.24) is 0 Å². The molecule has 0 saturated heterocycles. The first-order valence-electron chi connectivity index (χ1n) is 11.0. The Morgan fingerprint density at radius 2 is 1.57 bits per heavy atom. The Morgan fingerprint density at radius 1 is 0.886 bits per heavy atom. The summed E-state index contributed by atoms with van der Waals surface area (Å²) in [7, 11) is 3.24. The monoisotopic (exact) mass is 518 g/mol. The van der Waals surface area contributed by atoms with Crippen molar-refractivity contribution in [1.29, 1.82) is 0 Å². The van der Waals surface area contributed by atoms with Gasteiger partial charge in [-0.05, 0) is 66.6 Å². The third kappa shape index (κ3) is 9.62. The molecular formula is C26H30O7S2. The zero-order valence-electron chi connectivity index (χ0n) is 20.3. The van der Waals surface area contributed by atoms with E-state index in [-0.39, 0.29) is 23.9 Å². The summed E-state index contributed by atoms with van der Waals surface area (Å²) in [5.41, 5.74) is 1.02. The summed E-state index contributed by atoms with van der Waals surface area (Å²) in [6, 6.07) is 13.3. The van der Waals surface area contributed by atoms with Gasteiger partial charge in [0, 0.05) is 9.60 Å². The number of methoxy groups -OCH3 is 2. The van der Waals surface area contributed by atoms with Gasteiger partial charge in [-0.15, -0.1) is 23.1 Å². The molecule has 0 unspecified atom stereocenters. The van der Waals surface area contributed by atoms with Crippen molar-refractivity contribution in [3.63, 3.8) is 0 Å². The molecular weight excluding hydrogens is 488 g/mol. The van der Waals surface area contributed by atoms with Crippen LogP contribution in [-0.2, 0) is 30.3 Å². The van der Waals surface area contributed by atoms with Crippen molar-refractivity contribution in [2.24, 2.45) is 0 Å². The number of thiophene rings is 1. The highest BCUT2D eigenvalue weighted by Crippen LogP contribution is 2.30. The number of Topliss-reactive ketones (excluding diaryl/α,β-unsaturated/α-hetero) is 1. The number of fused-ring (bicyclic) bond motifs is 1. The van der Waals surface area contributed by atoms with Crippen LogP contribution in [-0.4, -0.2) is 50.9 Å². The van der Waals surface area contributed by atoms with E-state index in [1.807, 2.05) is 54.8 Å². The Hall–Kier alpha value is -3.04. The number of esters is 2. The maximum absolute atomic E-state index is 11.5. The van der Waals surface area contributed by atoms with E-state index in [2.05, 4.69) is 0 Å². The normalized spacial score (nSPS) is 10.2. The van der Waals surface area contributed by atoms with Gasteiger partial charge in [0.15, 0.2) is 5.78 Å². The van der Waals surface area contributed by atoms with Crippen LogP contribution in [0.15, 0.2) is 52.7 Å². The van der Waals surface area contributed by atoms with Crippen LogP contribution in [0.1, 0.15) is 25.8 Å². The lowest BCUT2D eigenvalue weighted by Gasteiger charge is -2.04. The molecule has 0 fully saturated rings. The van der Waals surface area contributed by atoms with Crippen LogP contribution in [0.5, 0.6) is 11.5 Å². The van der Waals surface area contributed by atoms with Gasteiger partial charge in [-0.25, -0.2) is 0 Å². The van der Waals surface area contributed by atoms with Crippen LogP contribution < -0.4 is 9.47 Å². The molecule has 0 N–H and O–H groups in total. The summed E-state index contributed by atoms with van der Waals surface area (Å²) < 4.78 is 21.0. The summed E-state index contributed by atoms with van der Waals surface area (Å²) in [5.74, 6) is 1.06. The molecule has 0 aliphatic heterocycles. The van der Waals surface area contributed by atoms with E-state index in [1.54, 1.807) is 32.5 Å². The SMILES string of the molecule is CCOC(=O)CC(=O)CSc1cccc(OC)c1.CCOC(=O)Cc1csc2cc(OC)ccc12. The van der Waals surface area contributed by atoms with E-state index in [0.717, 1.165) is 32.0 Å². The Bertz CT molecular complexity index is 1120. The van der Waals surface area contributed by atoms with Gasteiger partial charge in [-0.1, -0.05) is 6.07 Å². The summed E-state index contributed by atoms with van der Waals surface area (Å²) in [5, 5.41) is 3.10. The van der Waals surface area contributed by atoms with Crippen molar-refractivity contribution in [3.05, 3.63) is 53.4 Å². The number of benzene rings is 2. The molecule has 0 radical (unpaired) electrons. The van der Waals surface area contributed by atoms with E-state index in [9.17, 15) is 14.4 Å². The third-order valence-corrected chi connectivity index (χ3v) is 6.64. The van der Waals surface area contributed by atoms with Crippen molar-refractivity contribution in [2.75, 3.05) is 33.2 Å².